The average molecular weight is 296 g/mol. The predicted octanol–water partition coefficient (Wildman–Crippen LogP) is 1.14. The van der Waals surface area contributed by atoms with E-state index in [4.69, 9.17) is 5.73 Å². The number of rotatable bonds is 4. The van der Waals surface area contributed by atoms with Crippen molar-refractivity contribution in [2.24, 2.45) is 17.1 Å². The van der Waals surface area contributed by atoms with Crippen LogP contribution in [0.2, 0.25) is 0 Å². The Labute approximate surface area is 124 Å². The third-order valence-electron chi connectivity index (χ3n) is 4.95. The maximum Gasteiger partial charge on any atom is 0.310 e. The summed E-state index contributed by atoms with van der Waals surface area (Å²) in [7, 11) is 0. The lowest BCUT2D eigenvalue weighted by Gasteiger charge is -2.29. The van der Waals surface area contributed by atoms with E-state index >= 15 is 0 Å². The van der Waals surface area contributed by atoms with Crippen molar-refractivity contribution in [1.82, 2.24) is 4.90 Å². The minimum Gasteiger partial charge on any atom is -0.481 e. The van der Waals surface area contributed by atoms with Crippen LogP contribution in [0.1, 0.15) is 51.4 Å². The molecule has 1 unspecified atom stereocenters. The molecule has 1 saturated carbocycles. The largest absolute Gasteiger partial charge is 0.481 e. The van der Waals surface area contributed by atoms with Crippen LogP contribution in [0.4, 0.5) is 0 Å². The van der Waals surface area contributed by atoms with Crippen LogP contribution in [0.5, 0.6) is 0 Å². The number of likely N-dealkylation sites (tertiary alicyclic amines) is 1. The number of carbonyl (C=O) groups excluding carboxylic acids is 2. The number of carboxylic acids is 1. The van der Waals surface area contributed by atoms with Crippen LogP contribution in [0.3, 0.4) is 0 Å². The van der Waals surface area contributed by atoms with E-state index in [9.17, 15) is 19.5 Å². The molecule has 6 heteroatoms. The van der Waals surface area contributed by atoms with Gasteiger partial charge in [0.1, 0.15) is 0 Å². The van der Waals surface area contributed by atoms with Gasteiger partial charge >= 0.3 is 5.97 Å². The van der Waals surface area contributed by atoms with Gasteiger partial charge in [-0.3, -0.25) is 14.4 Å². The molecule has 0 bridgehead atoms. The number of amides is 2. The molecule has 2 rings (SSSR count). The molecule has 0 radical (unpaired) electrons. The van der Waals surface area contributed by atoms with E-state index < -0.39 is 11.4 Å². The molecule has 0 aromatic carbocycles. The summed E-state index contributed by atoms with van der Waals surface area (Å²) in [6.07, 6.45) is 5.58. The van der Waals surface area contributed by atoms with Gasteiger partial charge in [0.25, 0.3) is 0 Å². The van der Waals surface area contributed by atoms with E-state index in [0.29, 0.717) is 32.4 Å². The maximum atomic E-state index is 12.4. The van der Waals surface area contributed by atoms with Crippen molar-refractivity contribution in [1.29, 1.82) is 0 Å². The summed E-state index contributed by atoms with van der Waals surface area (Å²) >= 11 is 0. The Bertz CT molecular complexity index is 427. The predicted molar refractivity (Wildman–Crippen MR) is 76.3 cm³/mol. The zero-order valence-corrected chi connectivity index (χ0v) is 12.3. The summed E-state index contributed by atoms with van der Waals surface area (Å²) in [6.45, 7) is 0.839. The molecule has 0 aromatic heterocycles. The molecule has 0 aromatic rings. The molecular formula is C15H24N2O4. The van der Waals surface area contributed by atoms with Crippen molar-refractivity contribution in [3.05, 3.63) is 0 Å². The summed E-state index contributed by atoms with van der Waals surface area (Å²) in [5.41, 5.74) is 4.35. The lowest BCUT2D eigenvalue weighted by molar-refractivity contribution is -0.154. The SMILES string of the molecule is NC(=O)C1CCN(C(=O)CC2(C(=O)O)CCCCCC2)C1. The first-order valence-electron chi connectivity index (χ1n) is 7.75. The second-order valence-electron chi connectivity index (χ2n) is 6.40. The van der Waals surface area contributed by atoms with Crippen molar-refractivity contribution in [2.45, 2.75) is 51.4 Å². The molecule has 21 heavy (non-hydrogen) atoms. The van der Waals surface area contributed by atoms with Crippen LogP contribution >= 0.6 is 0 Å². The third kappa shape index (κ3) is 3.54. The maximum absolute atomic E-state index is 12.4. The fourth-order valence-electron chi connectivity index (χ4n) is 3.49. The minimum absolute atomic E-state index is 0.0494. The van der Waals surface area contributed by atoms with Gasteiger partial charge in [-0.05, 0) is 19.3 Å². The van der Waals surface area contributed by atoms with Gasteiger partial charge in [0.15, 0.2) is 0 Å². The lowest BCUT2D eigenvalue weighted by atomic mass is 9.77. The van der Waals surface area contributed by atoms with Gasteiger partial charge in [-0.2, -0.15) is 0 Å². The molecule has 1 heterocycles. The normalized spacial score (nSPS) is 25.3. The molecule has 2 fully saturated rings. The molecule has 1 aliphatic heterocycles. The fourth-order valence-corrected chi connectivity index (χ4v) is 3.49. The van der Waals surface area contributed by atoms with Crippen LogP contribution in [0, 0.1) is 11.3 Å². The highest BCUT2D eigenvalue weighted by atomic mass is 16.4. The van der Waals surface area contributed by atoms with Crippen molar-refractivity contribution >= 4 is 17.8 Å². The van der Waals surface area contributed by atoms with Gasteiger partial charge in [-0.1, -0.05) is 25.7 Å². The number of hydrogen-bond donors (Lipinski definition) is 2. The molecule has 6 nitrogen and oxygen atoms in total. The summed E-state index contributed by atoms with van der Waals surface area (Å²) in [4.78, 5) is 36.9. The van der Waals surface area contributed by atoms with E-state index in [1.165, 1.54) is 0 Å². The Hall–Kier alpha value is -1.59. The minimum atomic E-state index is -0.918. The second kappa shape index (κ2) is 6.45. The molecule has 2 amide bonds. The number of primary amides is 1. The third-order valence-corrected chi connectivity index (χ3v) is 4.95. The average Bonchev–Trinajstić information content (AvgIpc) is 2.81. The van der Waals surface area contributed by atoms with Crippen LogP contribution in [-0.2, 0) is 14.4 Å². The van der Waals surface area contributed by atoms with Gasteiger partial charge < -0.3 is 15.7 Å². The number of nitrogens with two attached hydrogens (primary N) is 1. The summed E-state index contributed by atoms with van der Waals surface area (Å²) in [5.74, 6) is -1.68. The van der Waals surface area contributed by atoms with Gasteiger partial charge in [0, 0.05) is 19.5 Å². The molecular weight excluding hydrogens is 272 g/mol. The summed E-state index contributed by atoms with van der Waals surface area (Å²) < 4.78 is 0. The molecule has 2 aliphatic rings. The fraction of sp³-hybridized carbons (Fsp3) is 0.800. The van der Waals surface area contributed by atoms with Crippen molar-refractivity contribution in [3.8, 4) is 0 Å². The number of carbonyl (C=O) groups is 3. The number of hydrogen-bond acceptors (Lipinski definition) is 3. The molecule has 1 aliphatic carbocycles. The Morgan fingerprint density at radius 1 is 1.14 bits per heavy atom. The topological polar surface area (TPSA) is 101 Å². The quantitative estimate of drug-likeness (QED) is 0.759. The van der Waals surface area contributed by atoms with Crippen molar-refractivity contribution in [3.63, 3.8) is 0 Å². The molecule has 1 atom stereocenters. The summed E-state index contributed by atoms with van der Waals surface area (Å²) in [6, 6.07) is 0. The van der Waals surface area contributed by atoms with Gasteiger partial charge in [-0.15, -0.1) is 0 Å². The van der Waals surface area contributed by atoms with Gasteiger partial charge in [-0.25, -0.2) is 0 Å². The van der Waals surface area contributed by atoms with E-state index in [1.807, 2.05) is 0 Å². The number of carboxylic acid groups (broad SMARTS) is 1. The van der Waals surface area contributed by atoms with Crippen LogP contribution in [0.15, 0.2) is 0 Å². The number of nitrogens with zero attached hydrogens (tertiary/aromatic N) is 1. The van der Waals surface area contributed by atoms with Crippen LogP contribution in [0.25, 0.3) is 0 Å². The van der Waals surface area contributed by atoms with Gasteiger partial charge in [0.2, 0.25) is 11.8 Å². The monoisotopic (exact) mass is 296 g/mol. The highest BCUT2D eigenvalue weighted by Crippen LogP contribution is 2.39. The van der Waals surface area contributed by atoms with E-state index in [1.54, 1.807) is 4.90 Å². The first-order valence-corrected chi connectivity index (χ1v) is 7.75. The Kier molecular flexibility index (Phi) is 4.85. The highest BCUT2D eigenvalue weighted by molar-refractivity contribution is 5.86. The Balaban J connectivity index is 2.02. The van der Waals surface area contributed by atoms with E-state index in [-0.39, 0.29) is 24.2 Å². The number of aliphatic carboxylic acids is 1. The standard InChI is InChI=1S/C15H24N2O4/c16-13(19)11-5-8-17(10-11)12(18)9-15(14(20)21)6-3-1-2-4-7-15/h11H,1-10H2,(H2,16,19)(H,20,21). The first-order chi connectivity index (χ1) is 9.94. The lowest BCUT2D eigenvalue weighted by Crippen LogP contribution is -2.39. The molecule has 0 spiro atoms. The van der Waals surface area contributed by atoms with Crippen molar-refractivity contribution < 1.29 is 19.5 Å². The van der Waals surface area contributed by atoms with E-state index in [0.717, 1.165) is 25.7 Å². The second-order valence-corrected chi connectivity index (χ2v) is 6.40. The molecule has 3 N–H and O–H groups in total. The zero-order valence-electron chi connectivity index (χ0n) is 12.3. The smallest absolute Gasteiger partial charge is 0.310 e. The first kappa shape index (κ1) is 15.8. The van der Waals surface area contributed by atoms with E-state index in [2.05, 4.69) is 0 Å². The van der Waals surface area contributed by atoms with Crippen LogP contribution in [-0.4, -0.2) is 40.9 Å². The Morgan fingerprint density at radius 2 is 1.76 bits per heavy atom. The van der Waals surface area contributed by atoms with Crippen LogP contribution < -0.4 is 5.73 Å². The molecule has 118 valence electrons. The Morgan fingerprint density at radius 3 is 2.24 bits per heavy atom. The summed E-state index contributed by atoms with van der Waals surface area (Å²) in [5, 5.41) is 9.60. The zero-order chi connectivity index (χ0) is 15.5. The molecule has 1 saturated heterocycles. The van der Waals surface area contributed by atoms with Gasteiger partial charge in [0.05, 0.1) is 11.3 Å². The highest BCUT2D eigenvalue weighted by Gasteiger charge is 2.42. The van der Waals surface area contributed by atoms with Crippen molar-refractivity contribution in [2.75, 3.05) is 13.1 Å².